The van der Waals surface area contributed by atoms with Crippen LogP contribution in [-0.4, -0.2) is 31.8 Å². The number of halogens is 1. The second-order valence-corrected chi connectivity index (χ2v) is 5.85. The van der Waals surface area contributed by atoms with Crippen LogP contribution in [0.15, 0.2) is 48.8 Å². The molecule has 0 radical (unpaired) electrons. The number of hydrogen-bond donors (Lipinski definition) is 0. The van der Waals surface area contributed by atoms with E-state index in [9.17, 15) is 0 Å². The number of aryl methyl sites for hydroxylation is 1. The minimum absolute atomic E-state index is 0.272. The average Bonchev–Trinajstić information content (AvgIpc) is 3.03. The summed E-state index contributed by atoms with van der Waals surface area (Å²) in [6.07, 6.45) is 1.50. The van der Waals surface area contributed by atoms with Crippen molar-refractivity contribution in [2.75, 3.05) is 7.11 Å². The molecule has 7 heteroatoms. The van der Waals surface area contributed by atoms with Crippen LogP contribution in [-0.2, 0) is 0 Å². The molecule has 0 fully saturated rings. The zero-order valence-electron chi connectivity index (χ0n) is 13.6. The fourth-order valence-electron chi connectivity index (χ4n) is 2.71. The third-order valence-electron chi connectivity index (χ3n) is 3.83. The van der Waals surface area contributed by atoms with Gasteiger partial charge in [0.05, 0.1) is 29.7 Å². The van der Waals surface area contributed by atoms with Gasteiger partial charge in [0.25, 0.3) is 0 Å². The average molecular weight is 352 g/mol. The van der Waals surface area contributed by atoms with Gasteiger partial charge in [-0.2, -0.15) is 5.10 Å². The van der Waals surface area contributed by atoms with Crippen molar-refractivity contribution < 1.29 is 4.74 Å². The van der Waals surface area contributed by atoms with Crippen LogP contribution in [0.3, 0.4) is 0 Å². The Kier molecular flexibility index (Phi) is 3.82. The molecule has 0 amide bonds. The molecule has 124 valence electrons. The van der Waals surface area contributed by atoms with Crippen LogP contribution in [0.2, 0.25) is 5.15 Å². The summed E-state index contributed by atoms with van der Waals surface area (Å²) in [5.41, 5.74) is 4.57. The van der Waals surface area contributed by atoms with Gasteiger partial charge in [-0.05, 0) is 25.1 Å². The SMILES string of the molecule is COc1cc2ncnc(-c3cc(C)nn3-c3ccccc3)c2nc1Cl. The predicted molar refractivity (Wildman–Crippen MR) is 96.2 cm³/mol. The lowest BCUT2D eigenvalue weighted by molar-refractivity contribution is 0.414. The molecule has 0 aliphatic heterocycles. The third-order valence-corrected chi connectivity index (χ3v) is 4.10. The van der Waals surface area contributed by atoms with Crippen LogP contribution >= 0.6 is 11.6 Å². The van der Waals surface area contributed by atoms with Gasteiger partial charge in [0, 0.05) is 6.07 Å². The second-order valence-electron chi connectivity index (χ2n) is 5.49. The van der Waals surface area contributed by atoms with Crippen molar-refractivity contribution in [2.24, 2.45) is 0 Å². The number of fused-ring (bicyclic) bond motifs is 1. The molecule has 0 aliphatic carbocycles. The Balaban J connectivity index is 1.99. The number of aromatic nitrogens is 5. The Hall–Kier alpha value is -2.99. The van der Waals surface area contributed by atoms with E-state index in [1.54, 1.807) is 13.2 Å². The molecule has 0 spiro atoms. The fraction of sp³-hybridized carbons (Fsp3) is 0.111. The van der Waals surface area contributed by atoms with Crippen molar-refractivity contribution in [1.82, 2.24) is 24.7 Å². The first-order chi connectivity index (χ1) is 12.2. The van der Waals surface area contributed by atoms with E-state index >= 15 is 0 Å². The monoisotopic (exact) mass is 351 g/mol. The number of para-hydroxylation sites is 1. The maximum absolute atomic E-state index is 6.21. The van der Waals surface area contributed by atoms with Gasteiger partial charge >= 0.3 is 0 Å². The van der Waals surface area contributed by atoms with Crippen LogP contribution in [0.4, 0.5) is 0 Å². The van der Waals surface area contributed by atoms with E-state index in [-0.39, 0.29) is 5.15 Å². The molecule has 0 N–H and O–H groups in total. The molecule has 4 aromatic rings. The van der Waals surface area contributed by atoms with Gasteiger partial charge < -0.3 is 4.74 Å². The van der Waals surface area contributed by atoms with Crippen LogP contribution in [0.25, 0.3) is 28.1 Å². The van der Waals surface area contributed by atoms with Gasteiger partial charge in [0.2, 0.25) is 0 Å². The standard InChI is InChI=1S/C18H14ClN5O/c1-11-8-14(24(23-11)12-6-4-3-5-7-12)17-16-13(20-10-21-17)9-15(25-2)18(19)22-16/h3-10H,1-2H3. The Bertz CT molecular complexity index is 1060. The molecule has 3 aromatic heterocycles. The number of hydrogen-bond acceptors (Lipinski definition) is 5. The number of ether oxygens (including phenoxy) is 1. The number of rotatable bonds is 3. The second kappa shape index (κ2) is 6.14. The van der Waals surface area contributed by atoms with Gasteiger partial charge in [-0.25, -0.2) is 19.6 Å². The smallest absolute Gasteiger partial charge is 0.171 e. The molecule has 6 nitrogen and oxygen atoms in total. The first-order valence-electron chi connectivity index (χ1n) is 7.65. The van der Waals surface area contributed by atoms with Crippen molar-refractivity contribution in [3.8, 4) is 22.8 Å². The minimum Gasteiger partial charge on any atom is -0.493 e. The summed E-state index contributed by atoms with van der Waals surface area (Å²) in [6.45, 7) is 1.94. The van der Waals surface area contributed by atoms with Crippen molar-refractivity contribution in [3.63, 3.8) is 0 Å². The zero-order chi connectivity index (χ0) is 17.4. The fourth-order valence-corrected chi connectivity index (χ4v) is 2.93. The Morgan fingerprint density at radius 3 is 2.64 bits per heavy atom. The largest absolute Gasteiger partial charge is 0.493 e. The zero-order valence-corrected chi connectivity index (χ0v) is 14.4. The normalized spacial score (nSPS) is 11.0. The van der Waals surface area contributed by atoms with Gasteiger partial charge in [0.1, 0.15) is 17.5 Å². The molecule has 4 rings (SSSR count). The Labute approximate surface area is 149 Å². The number of benzene rings is 1. The molecule has 1 aromatic carbocycles. The molecule has 0 unspecified atom stereocenters. The highest BCUT2D eigenvalue weighted by atomic mass is 35.5. The summed E-state index contributed by atoms with van der Waals surface area (Å²) >= 11 is 6.21. The first-order valence-corrected chi connectivity index (χ1v) is 8.03. The molecule has 0 atom stereocenters. The summed E-state index contributed by atoms with van der Waals surface area (Å²) in [5.74, 6) is 0.478. The molecular formula is C18H14ClN5O. The van der Waals surface area contributed by atoms with Crippen LogP contribution in [0.1, 0.15) is 5.69 Å². The highest BCUT2D eigenvalue weighted by Gasteiger charge is 2.17. The first kappa shape index (κ1) is 15.5. The Morgan fingerprint density at radius 2 is 1.88 bits per heavy atom. The summed E-state index contributed by atoms with van der Waals surface area (Å²) in [4.78, 5) is 13.2. The van der Waals surface area contributed by atoms with Gasteiger partial charge in [-0.3, -0.25) is 0 Å². The molecule has 3 heterocycles. The van der Waals surface area contributed by atoms with E-state index in [1.807, 2.05) is 48.0 Å². The number of pyridine rings is 1. The van der Waals surface area contributed by atoms with E-state index in [2.05, 4.69) is 20.1 Å². The van der Waals surface area contributed by atoms with Crippen LogP contribution in [0, 0.1) is 6.92 Å². The molecule has 0 saturated carbocycles. The molecule has 0 aliphatic rings. The lowest BCUT2D eigenvalue weighted by Gasteiger charge is -2.10. The van der Waals surface area contributed by atoms with Gasteiger partial charge in [-0.15, -0.1) is 0 Å². The number of methoxy groups -OCH3 is 1. The summed E-state index contributed by atoms with van der Waals surface area (Å²) < 4.78 is 7.07. The quantitative estimate of drug-likeness (QED) is 0.524. The summed E-state index contributed by atoms with van der Waals surface area (Å²) in [5, 5.41) is 4.86. The topological polar surface area (TPSA) is 65.7 Å². The van der Waals surface area contributed by atoms with Crippen molar-refractivity contribution in [2.45, 2.75) is 6.92 Å². The third kappa shape index (κ3) is 2.70. The van der Waals surface area contributed by atoms with Crippen LogP contribution in [0.5, 0.6) is 5.75 Å². The van der Waals surface area contributed by atoms with Gasteiger partial charge in [0.15, 0.2) is 10.9 Å². The van der Waals surface area contributed by atoms with Crippen molar-refractivity contribution in [3.05, 3.63) is 59.6 Å². The lowest BCUT2D eigenvalue weighted by atomic mass is 10.2. The minimum atomic E-state index is 0.272. The molecule has 25 heavy (non-hydrogen) atoms. The molecule has 0 saturated heterocycles. The lowest BCUT2D eigenvalue weighted by Crippen LogP contribution is -2.02. The van der Waals surface area contributed by atoms with E-state index in [1.165, 1.54) is 6.33 Å². The van der Waals surface area contributed by atoms with E-state index in [0.29, 0.717) is 22.5 Å². The van der Waals surface area contributed by atoms with E-state index in [0.717, 1.165) is 17.1 Å². The molecular weight excluding hydrogens is 338 g/mol. The highest BCUT2D eigenvalue weighted by molar-refractivity contribution is 6.31. The highest BCUT2D eigenvalue weighted by Crippen LogP contribution is 2.31. The number of nitrogens with zero attached hydrogens (tertiary/aromatic N) is 5. The van der Waals surface area contributed by atoms with E-state index in [4.69, 9.17) is 16.3 Å². The van der Waals surface area contributed by atoms with Gasteiger partial charge in [-0.1, -0.05) is 29.8 Å². The van der Waals surface area contributed by atoms with Crippen LogP contribution < -0.4 is 4.74 Å². The van der Waals surface area contributed by atoms with E-state index < -0.39 is 0 Å². The van der Waals surface area contributed by atoms with Crippen molar-refractivity contribution in [1.29, 1.82) is 0 Å². The van der Waals surface area contributed by atoms with Crippen molar-refractivity contribution >= 4 is 22.6 Å². The Morgan fingerprint density at radius 1 is 1.08 bits per heavy atom. The summed E-state index contributed by atoms with van der Waals surface area (Å²) in [7, 11) is 1.55. The summed E-state index contributed by atoms with van der Waals surface area (Å²) in [6, 6.07) is 13.6. The maximum atomic E-state index is 6.21. The predicted octanol–water partition coefficient (Wildman–Crippen LogP) is 3.85. The molecule has 0 bridgehead atoms. The maximum Gasteiger partial charge on any atom is 0.171 e.